The zero-order valence-corrected chi connectivity index (χ0v) is 11.1. The third-order valence-corrected chi connectivity index (χ3v) is 3.91. The summed E-state index contributed by atoms with van der Waals surface area (Å²) < 4.78 is 0. The summed E-state index contributed by atoms with van der Waals surface area (Å²) in [5, 5.41) is 13.1. The first-order valence-corrected chi connectivity index (χ1v) is 6.82. The third-order valence-electron chi connectivity index (χ3n) is 3.91. The van der Waals surface area contributed by atoms with Crippen LogP contribution in [-0.4, -0.2) is 16.4 Å². The largest absolute Gasteiger partial charge is 0.334 e. The van der Waals surface area contributed by atoms with Gasteiger partial charge in [-0.25, -0.2) is 0 Å². The van der Waals surface area contributed by atoms with Crippen LogP contribution in [0.4, 0.5) is 0 Å². The Hall–Kier alpha value is -2.41. The summed E-state index contributed by atoms with van der Waals surface area (Å²) >= 11 is 0. The fraction of sp³-hybridized carbons (Fsp3) is 0.312. The van der Waals surface area contributed by atoms with Gasteiger partial charge in [0.1, 0.15) is 5.54 Å². The summed E-state index contributed by atoms with van der Waals surface area (Å²) in [6, 6.07) is 11.4. The number of rotatable bonds is 2. The molecule has 4 heteroatoms. The van der Waals surface area contributed by atoms with Crippen molar-refractivity contribution in [3.63, 3.8) is 0 Å². The molecule has 0 atom stereocenters. The number of nitriles is 1. The Balaban J connectivity index is 1.95. The quantitative estimate of drug-likeness (QED) is 0.908. The minimum absolute atomic E-state index is 0.188. The molecule has 4 nitrogen and oxygen atoms in total. The molecule has 0 radical (unpaired) electrons. The highest BCUT2D eigenvalue weighted by Crippen LogP contribution is 2.29. The van der Waals surface area contributed by atoms with Crippen molar-refractivity contribution >= 4 is 16.8 Å². The van der Waals surface area contributed by atoms with Crippen LogP contribution in [0.25, 0.3) is 10.9 Å². The van der Waals surface area contributed by atoms with Gasteiger partial charge in [0, 0.05) is 17.1 Å². The zero-order valence-electron chi connectivity index (χ0n) is 11.1. The Labute approximate surface area is 117 Å². The van der Waals surface area contributed by atoms with Gasteiger partial charge in [0.05, 0.1) is 11.6 Å². The maximum atomic E-state index is 12.5. The molecule has 1 aliphatic carbocycles. The Morgan fingerprint density at radius 3 is 2.80 bits per heavy atom. The van der Waals surface area contributed by atoms with Crippen LogP contribution in [0.15, 0.2) is 36.5 Å². The molecule has 100 valence electrons. The van der Waals surface area contributed by atoms with E-state index in [4.69, 9.17) is 0 Å². The smallest absolute Gasteiger partial charge is 0.253 e. The van der Waals surface area contributed by atoms with E-state index in [0.717, 1.165) is 36.6 Å². The van der Waals surface area contributed by atoms with E-state index in [1.807, 2.05) is 24.3 Å². The van der Waals surface area contributed by atoms with Gasteiger partial charge in [-0.3, -0.25) is 9.78 Å². The molecule has 0 unspecified atom stereocenters. The van der Waals surface area contributed by atoms with Crippen molar-refractivity contribution in [2.24, 2.45) is 0 Å². The van der Waals surface area contributed by atoms with E-state index in [-0.39, 0.29) is 5.91 Å². The lowest BCUT2D eigenvalue weighted by Crippen LogP contribution is -2.45. The molecular weight excluding hydrogens is 250 g/mol. The van der Waals surface area contributed by atoms with Crippen molar-refractivity contribution in [1.82, 2.24) is 10.3 Å². The molecule has 1 N–H and O–H groups in total. The zero-order chi connectivity index (χ0) is 14.0. The first-order valence-electron chi connectivity index (χ1n) is 6.82. The first kappa shape index (κ1) is 12.6. The SMILES string of the molecule is N#CC1(NC(=O)c2cccc3ncccc23)CCCC1. The molecule has 1 aromatic heterocycles. The van der Waals surface area contributed by atoms with Gasteiger partial charge in [-0.15, -0.1) is 0 Å². The molecule has 1 heterocycles. The van der Waals surface area contributed by atoms with Crippen molar-refractivity contribution in [2.45, 2.75) is 31.2 Å². The lowest BCUT2D eigenvalue weighted by atomic mass is 9.98. The lowest BCUT2D eigenvalue weighted by Gasteiger charge is -2.22. The second kappa shape index (κ2) is 4.93. The minimum atomic E-state index is -0.693. The highest BCUT2D eigenvalue weighted by atomic mass is 16.1. The van der Waals surface area contributed by atoms with E-state index in [0.29, 0.717) is 5.56 Å². The first-order chi connectivity index (χ1) is 9.74. The predicted octanol–water partition coefficient (Wildman–Crippen LogP) is 2.80. The van der Waals surface area contributed by atoms with Crippen LogP contribution >= 0.6 is 0 Å². The number of hydrogen-bond acceptors (Lipinski definition) is 3. The van der Waals surface area contributed by atoms with Gasteiger partial charge in [0.2, 0.25) is 0 Å². The number of nitrogens with one attached hydrogen (secondary N) is 1. The summed E-state index contributed by atoms with van der Waals surface area (Å²) in [4.78, 5) is 16.7. The molecule has 20 heavy (non-hydrogen) atoms. The maximum Gasteiger partial charge on any atom is 0.253 e. The molecule has 1 fully saturated rings. The van der Waals surface area contributed by atoms with E-state index in [1.54, 1.807) is 12.3 Å². The van der Waals surface area contributed by atoms with Gasteiger partial charge in [-0.05, 0) is 43.9 Å². The highest BCUT2D eigenvalue weighted by molar-refractivity contribution is 6.06. The van der Waals surface area contributed by atoms with Crippen LogP contribution in [0.2, 0.25) is 0 Å². The summed E-state index contributed by atoms with van der Waals surface area (Å²) in [6.45, 7) is 0. The van der Waals surface area contributed by atoms with Gasteiger partial charge in [-0.2, -0.15) is 5.26 Å². The van der Waals surface area contributed by atoms with Crippen molar-refractivity contribution in [3.05, 3.63) is 42.1 Å². The van der Waals surface area contributed by atoms with E-state index in [2.05, 4.69) is 16.4 Å². The molecule has 3 rings (SSSR count). The summed E-state index contributed by atoms with van der Waals surface area (Å²) in [5.41, 5.74) is 0.677. The van der Waals surface area contributed by atoms with Crippen LogP contribution in [0.3, 0.4) is 0 Å². The number of amides is 1. The van der Waals surface area contributed by atoms with Crippen LogP contribution in [0.5, 0.6) is 0 Å². The Bertz CT molecular complexity index is 691. The van der Waals surface area contributed by atoms with Crippen LogP contribution in [-0.2, 0) is 0 Å². The van der Waals surface area contributed by atoms with Crippen LogP contribution < -0.4 is 5.32 Å². The second-order valence-corrected chi connectivity index (χ2v) is 5.23. The summed E-state index contributed by atoms with van der Waals surface area (Å²) in [6.07, 6.45) is 5.16. The number of benzene rings is 1. The average molecular weight is 265 g/mol. The monoisotopic (exact) mass is 265 g/mol. The molecule has 1 saturated carbocycles. The van der Waals surface area contributed by atoms with Gasteiger partial charge in [-0.1, -0.05) is 12.1 Å². The number of pyridine rings is 1. The number of aromatic nitrogens is 1. The molecule has 0 spiro atoms. The van der Waals surface area contributed by atoms with Crippen molar-refractivity contribution in [1.29, 1.82) is 5.26 Å². The number of hydrogen-bond donors (Lipinski definition) is 1. The van der Waals surface area contributed by atoms with Gasteiger partial charge in [0.15, 0.2) is 0 Å². The van der Waals surface area contributed by atoms with E-state index >= 15 is 0 Å². The standard InChI is InChI=1S/C16H15N3O/c17-11-16(8-1-2-9-16)19-15(20)13-5-3-7-14-12(13)6-4-10-18-14/h3-7,10H,1-2,8-9H2,(H,19,20). The van der Waals surface area contributed by atoms with Crippen molar-refractivity contribution < 1.29 is 4.79 Å². The number of carbonyl (C=O) groups is 1. The molecule has 2 aromatic rings. The molecule has 1 aromatic carbocycles. The van der Waals surface area contributed by atoms with E-state index < -0.39 is 5.54 Å². The molecule has 0 aliphatic heterocycles. The topological polar surface area (TPSA) is 65.8 Å². The van der Waals surface area contributed by atoms with E-state index in [1.165, 1.54) is 0 Å². The number of carbonyl (C=O) groups excluding carboxylic acids is 1. The maximum absolute atomic E-state index is 12.5. The highest BCUT2D eigenvalue weighted by Gasteiger charge is 2.35. The fourth-order valence-corrected chi connectivity index (χ4v) is 2.83. The Morgan fingerprint density at radius 2 is 2.05 bits per heavy atom. The van der Waals surface area contributed by atoms with Crippen LogP contribution in [0.1, 0.15) is 36.0 Å². The molecule has 1 aliphatic rings. The molecular formula is C16H15N3O. The van der Waals surface area contributed by atoms with Gasteiger partial charge in [0.25, 0.3) is 5.91 Å². The predicted molar refractivity (Wildman–Crippen MR) is 76.0 cm³/mol. The lowest BCUT2D eigenvalue weighted by molar-refractivity contribution is 0.0922. The Kier molecular flexibility index (Phi) is 3.11. The Morgan fingerprint density at radius 1 is 1.25 bits per heavy atom. The fourth-order valence-electron chi connectivity index (χ4n) is 2.83. The van der Waals surface area contributed by atoms with Gasteiger partial charge < -0.3 is 5.32 Å². The summed E-state index contributed by atoms with van der Waals surface area (Å²) in [5.74, 6) is -0.188. The second-order valence-electron chi connectivity index (χ2n) is 5.23. The van der Waals surface area contributed by atoms with Crippen molar-refractivity contribution in [2.75, 3.05) is 0 Å². The van der Waals surface area contributed by atoms with Crippen molar-refractivity contribution in [3.8, 4) is 6.07 Å². The average Bonchev–Trinajstić information content (AvgIpc) is 2.95. The molecule has 0 bridgehead atoms. The summed E-state index contributed by atoms with van der Waals surface area (Å²) in [7, 11) is 0. The minimum Gasteiger partial charge on any atom is -0.334 e. The third kappa shape index (κ3) is 2.12. The normalized spacial score (nSPS) is 16.8. The number of fused-ring (bicyclic) bond motifs is 1. The van der Waals surface area contributed by atoms with Gasteiger partial charge >= 0.3 is 0 Å². The molecule has 0 saturated heterocycles. The van der Waals surface area contributed by atoms with Crippen LogP contribution in [0, 0.1) is 11.3 Å². The number of nitrogens with zero attached hydrogens (tertiary/aromatic N) is 2. The van der Waals surface area contributed by atoms with E-state index in [9.17, 15) is 10.1 Å². The molecule has 1 amide bonds.